The van der Waals surface area contributed by atoms with Crippen molar-refractivity contribution in [2.45, 2.75) is 25.3 Å². The Morgan fingerprint density at radius 3 is 2.82 bits per heavy atom. The van der Waals surface area contributed by atoms with Crippen molar-refractivity contribution in [1.29, 1.82) is 0 Å². The second kappa shape index (κ2) is 6.79. The van der Waals surface area contributed by atoms with Crippen LogP contribution in [0.5, 0.6) is 0 Å². The van der Waals surface area contributed by atoms with Crippen molar-refractivity contribution in [1.82, 2.24) is 14.9 Å². The smallest absolute Gasteiger partial charge is 0.224 e. The van der Waals surface area contributed by atoms with Crippen LogP contribution in [0.2, 0.25) is 0 Å². The first-order chi connectivity index (χ1) is 10.7. The largest absolute Gasteiger partial charge is 0.467 e. The van der Waals surface area contributed by atoms with Gasteiger partial charge in [0.15, 0.2) is 0 Å². The topological polar surface area (TPSA) is 66.2 Å². The fourth-order valence-electron chi connectivity index (χ4n) is 2.21. The second-order valence-corrected chi connectivity index (χ2v) is 5.94. The predicted octanol–water partition coefficient (Wildman–Crippen LogP) is 2.53. The van der Waals surface area contributed by atoms with Crippen LogP contribution in [0.4, 0.5) is 11.8 Å². The van der Waals surface area contributed by atoms with E-state index in [1.165, 1.54) is 12.8 Å². The third-order valence-corrected chi connectivity index (χ3v) is 3.61. The van der Waals surface area contributed by atoms with E-state index in [2.05, 4.69) is 45.7 Å². The van der Waals surface area contributed by atoms with E-state index in [4.69, 9.17) is 4.42 Å². The average molecular weight is 301 g/mol. The summed E-state index contributed by atoms with van der Waals surface area (Å²) in [5, 5.41) is 6.62. The first-order valence-corrected chi connectivity index (χ1v) is 7.74. The second-order valence-electron chi connectivity index (χ2n) is 5.94. The highest BCUT2D eigenvalue weighted by atomic mass is 16.3. The number of anilines is 2. The van der Waals surface area contributed by atoms with Crippen molar-refractivity contribution in [2.24, 2.45) is 0 Å². The fraction of sp³-hybridized carbons (Fsp3) is 0.500. The van der Waals surface area contributed by atoms with E-state index in [1.54, 1.807) is 6.26 Å². The van der Waals surface area contributed by atoms with Crippen LogP contribution in [0, 0.1) is 0 Å². The molecular formula is C16H23N5O. The van der Waals surface area contributed by atoms with Crippen LogP contribution in [0.15, 0.2) is 28.9 Å². The van der Waals surface area contributed by atoms with Crippen LogP contribution in [0.25, 0.3) is 0 Å². The van der Waals surface area contributed by atoms with Crippen LogP contribution in [-0.4, -0.2) is 42.1 Å². The lowest BCUT2D eigenvalue weighted by molar-refractivity contribution is 0.425. The zero-order valence-corrected chi connectivity index (χ0v) is 13.2. The quantitative estimate of drug-likeness (QED) is 0.781. The van der Waals surface area contributed by atoms with Gasteiger partial charge in [0.2, 0.25) is 5.95 Å². The first-order valence-electron chi connectivity index (χ1n) is 7.74. The van der Waals surface area contributed by atoms with E-state index in [9.17, 15) is 0 Å². The summed E-state index contributed by atoms with van der Waals surface area (Å²) in [5.74, 6) is 3.05. The molecule has 3 rings (SSSR count). The molecule has 1 fully saturated rings. The molecule has 2 aromatic heterocycles. The standard InChI is InChI=1S/C16H23N5O/c1-21(2)8-7-17-16-19-14(12-5-6-12)10-15(20-16)18-11-13-4-3-9-22-13/h3-4,9-10,12H,5-8,11H2,1-2H3,(H2,17,18,19,20). The molecule has 0 aromatic carbocycles. The summed E-state index contributed by atoms with van der Waals surface area (Å²) in [6.07, 6.45) is 4.14. The van der Waals surface area contributed by atoms with Crippen molar-refractivity contribution in [3.05, 3.63) is 35.9 Å². The normalized spacial score (nSPS) is 14.3. The van der Waals surface area contributed by atoms with Gasteiger partial charge >= 0.3 is 0 Å². The maximum atomic E-state index is 5.34. The molecule has 0 saturated heterocycles. The van der Waals surface area contributed by atoms with E-state index < -0.39 is 0 Å². The maximum absolute atomic E-state index is 5.34. The Hall–Kier alpha value is -2.08. The van der Waals surface area contributed by atoms with Gasteiger partial charge in [0.1, 0.15) is 11.6 Å². The Balaban J connectivity index is 1.66. The molecule has 0 spiro atoms. The molecule has 0 unspecified atom stereocenters. The highest BCUT2D eigenvalue weighted by Crippen LogP contribution is 2.39. The minimum atomic E-state index is 0.599. The fourth-order valence-corrected chi connectivity index (χ4v) is 2.21. The van der Waals surface area contributed by atoms with Gasteiger partial charge in [-0.15, -0.1) is 0 Å². The molecule has 0 radical (unpaired) electrons. The summed E-state index contributed by atoms with van der Waals surface area (Å²) in [5.41, 5.74) is 1.13. The van der Waals surface area contributed by atoms with E-state index in [-0.39, 0.29) is 0 Å². The number of aromatic nitrogens is 2. The van der Waals surface area contributed by atoms with Gasteiger partial charge in [0.05, 0.1) is 18.5 Å². The molecule has 22 heavy (non-hydrogen) atoms. The van der Waals surface area contributed by atoms with Gasteiger partial charge in [-0.1, -0.05) is 0 Å². The zero-order valence-electron chi connectivity index (χ0n) is 13.2. The third kappa shape index (κ3) is 4.21. The van der Waals surface area contributed by atoms with Crippen molar-refractivity contribution in [2.75, 3.05) is 37.8 Å². The van der Waals surface area contributed by atoms with Gasteiger partial charge in [-0.3, -0.25) is 0 Å². The molecule has 0 bridgehead atoms. The Morgan fingerprint density at radius 2 is 2.14 bits per heavy atom. The maximum Gasteiger partial charge on any atom is 0.224 e. The van der Waals surface area contributed by atoms with Crippen molar-refractivity contribution in [3.8, 4) is 0 Å². The molecule has 1 aliphatic carbocycles. The molecule has 1 aliphatic rings. The SMILES string of the molecule is CN(C)CCNc1nc(NCc2ccco2)cc(C2CC2)n1. The summed E-state index contributed by atoms with van der Waals surface area (Å²) in [4.78, 5) is 11.3. The van der Waals surface area contributed by atoms with Gasteiger partial charge < -0.3 is 20.0 Å². The molecule has 2 aromatic rings. The number of furan rings is 1. The first kappa shape index (κ1) is 14.8. The molecule has 0 amide bonds. The Labute approximate surface area is 130 Å². The summed E-state index contributed by atoms with van der Waals surface area (Å²) < 4.78 is 5.34. The average Bonchev–Trinajstić information content (AvgIpc) is 3.21. The lowest BCUT2D eigenvalue weighted by Gasteiger charge is -2.12. The van der Waals surface area contributed by atoms with Gasteiger partial charge in [0, 0.05) is 25.1 Å². The van der Waals surface area contributed by atoms with Gasteiger partial charge in [0.25, 0.3) is 0 Å². The Kier molecular flexibility index (Phi) is 4.58. The highest BCUT2D eigenvalue weighted by molar-refractivity contribution is 5.44. The summed E-state index contributed by atoms with van der Waals surface area (Å²) in [6, 6.07) is 5.89. The van der Waals surface area contributed by atoms with Gasteiger partial charge in [-0.05, 0) is 39.1 Å². The summed E-state index contributed by atoms with van der Waals surface area (Å²) >= 11 is 0. The molecule has 6 nitrogen and oxygen atoms in total. The number of nitrogens with one attached hydrogen (secondary N) is 2. The lowest BCUT2D eigenvalue weighted by Crippen LogP contribution is -2.21. The zero-order chi connectivity index (χ0) is 15.4. The van der Waals surface area contributed by atoms with Crippen LogP contribution < -0.4 is 10.6 Å². The molecule has 118 valence electrons. The van der Waals surface area contributed by atoms with Crippen LogP contribution in [0.1, 0.15) is 30.2 Å². The monoisotopic (exact) mass is 301 g/mol. The molecule has 0 atom stereocenters. The van der Waals surface area contributed by atoms with Crippen molar-refractivity contribution >= 4 is 11.8 Å². The Bertz CT molecular complexity index is 593. The Morgan fingerprint density at radius 1 is 1.27 bits per heavy atom. The molecular weight excluding hydrogens is 278 g/mol. The molecule has 0 aliphatic heterocycles. The third-order valence-electron chi connectivity index (χ3n) is 3.61. The van der Waals surface area contributed by atoms with Gasteiger partial charge in [-0.2, -0.15) is 4.98 Å². The van der Waals surface area contributed by atoms with E-state index in [0.29, 0.717) is 18.4 Å². The number of rotatable bonds is 8. The number of hydrogen-bond donors (Lipinski definition) is 2. The number of nitrogens with zero attached hydrogens (tertiary/aromatic N) is 3. The van der Waals surface area contributed by atoms with Crippen LogP contribution >= 0.6 is 0 Å². The summed E-state index contributed by atoms with van der Waals surface area (Å²) in [6.45, 7) is 2.41. The number of likely N-dealkylation sites (N-methyl/N-ethyl adjacent to an activating group) is 1. The summed E-state index contributed by atoms with van der Waals surface area (Å²) in [7, 11) is 4.11. The molecule has 1 saturated carbocycles. The lowest BCUT2D eigenvalue weighted by atomic mass is 10.3. The molecule has 2 heterocycles. The van der Waals surface area contributed by atoms with E-state index >= 15 is 0 Å². The number of hydrogen-bond acceptors (Lipinski definition) is 6. The van der Waals surface area contributed by atoms with E-state index in [1.807, 2.05) is 12.1 Å². The predicted molar refractivity (Wildman–Crippen MR) is 87.1 cm³/mol. The minimum absolute atomic E-state index is 0.599. The van der Waals surface area contributed by atoms with E-state index in [0.717, 1.165) is 30.4 Å². The van der Waals surface area contributed by atoms with Crippen LogP contribution in [-0.2, 0) is 6.54 Å². The van der Waals surface area contributed by atoms with Crippen molar-refractivity contribution < 1.29 is 4.42 Å². The minimum Gasteiger partial charge on any atom is -0.467 e. The molecule has 2 N–H and O–H groups in total. The molecule has 6 heteroatoms. The van der Waals surface area contributed by atoms with Crippen molar-refractivity contribution in [3.63, 3.8) is 0 Å². The van der Waals surface area contributed by atoms with Gasteiger partial charge in [-0.25, -0.2) is 4.98 Å². The van der Waals surface area contributed by atoms with Crippen LogP contribution in [0.3, 0.4) is 0 Å². The highest BCUT2D eigenvalue weighted by Gasteiger charge is 2.26.